The van der Waals surface area contributed by atoms with E-state index in [4.69, 9.17) is 0 Å². The molecule has 1 atom stereocenters. The van der Waals surface area contributed by atoms with Crippen molar-refractivity contribution in [1.82, 2.24) is 9.29 Å². The fraction of sp³-hybridized carbons (Fsp3) is 0.545. The van der Waals surface area contributed by atoms with Crippen molar-refractivity contribution in [1.29, 1.82) is 0 Å². The van der Waals surface area contributed by atoms with Crippen LogP contribution >= 0.6 is 11.8 Å². The van der Waals surface area contributed by atoms with Crippen LogP contribution in [0.4, 0.5) is 5.69 Å². The molecule has 0 spiro atoms. The Morgan fingerprint density at radius 3 is 3.00 bits per heavy atom. The molecule has 1 unspecified atom stereocenters. The average molecular weight is 287 g/mol. The SMILES string of the molecule is CNc1cccnc1S(=O)(=O)N1CCSCC1C. The van der Waals surface area contributed by atoms with Gasteiger partial charge < -0.3 is 5.32 Å². The van der Waals surface area contributed by atoms with E-state index < -0.39 is 10.0 Å². The molecule has 0 radical (unpaired) electrons. The van der Waals surface area contributed by atoms with Crippen LogP contribution < -0.4 is 5.32 Å². The molecule has 0 amide bonds. The molecule has 18 heavy (non-hydrogen) atoms. The number of pyridine rings is 1. The second-order valence-electron chi connectivity index (χ2n) is 4.15. The molecule has 1 aromatic rings. The first-order valence-electron chi connectivity index (χ1n) is 5.79. The molecule has 0 bridgehead atoms. The van der Waals surface area contributed by atoms with Crippen LogP contribution in [-0.2, 0) is 10.0 Å². The normalized spacial score (nSPS) is 21.8. The zero-order valence-corrected chi connectivity index (χ0v) is 12.1. The number of hydrogen-bond acceptors (Lipinski definition) is 5. The summed E-state index contributed by atoms with van der Waals surface area (Å²) in [5.74, 6) is 1.67. The van der Waals surface area contributed by atoms with Crippen molar-refractivity contribution < 1.29 is 8.42 Å². The maximum absolute atomic E-state index is 12.6. The second kappa shape index (κ2) is 5.46. The second-order valence-corrected chi connectivity index (χ2v) is 7.10. The molecule has 2 rings (SSSR count). The van der Waals surface area contributed by atoms with Gasteiger partial charge in [0.2, 0.25) is 0 Å². The van der Waals surface area contributed by atoms with E-state index in [9.17, 15) is 8.42 Å². The monoisotopic (exact) mass is 287 g/mol. The van der Waals surface area contributed by atoms with E-state index in [1.54, 1.807) is 35.2 Å². The predicted octanol–water partition coefficient (Wildman–Crippen LogP) is 1.25. The third-order valence-corrected chi connectivity index (χ3v) is 6.06. The zero-order chi connectivity index (χ0) is 13.2. The molecule has 1 saturated heterocycles. The molecule has 5 nitrogen and oxygen atoms in total. The van der Waals surface area contributed by atoms with Crippen molar-refractivity contribution in [3.63, 3.8) is 0 Å². The molecular formula is C11H17N3O2S2. The van der Waals surface area contributed by atoms with Crippen molar-refractivity contribution in [2.24, 2.45) is 0 Å². The highest BCUT2D eigenvalue weighted by molar-refractivity contribution is 7.99. The van der Waals surface area contributed by atoms with Crippen molar-refractivity contribution in [3.05, 3.63) is 18.3 Å². The molecule has 1 aliphatic heterocycles. The Morgan fingerprint density at radius 2 is 2.33 bits per heavy atom. The number of hydrogen-bond donors (Lipinski definition) is 1. The number of rotatable bonds is 3. The minimum Gasteiger partial charge on any atom is -0.386 e. The number of nitrogens with zero attached hydrogens (tertiary/aromatic N) is 2. The first-order valence-corrected chi connectivity index (χ1v) is 8.39. The maximum atomic E-state index is 12.6. The number of thioether (sulfide) groups is 1. The van der Waals surface area contributed by atoms with Gasteiger partial charge in [0.25, 0.3) is 10.0 Å². The van der Waals surface area contributed by atoms with Crippen molar-refractivity contribution in [2.75, 3.05) is 30.4 Å². The van der Waals surface area contributed by atoms with Crippen LogP contribution in [0.15, 0.2) is 23.4 Å². The summed E-state index contributed by atoms with van der Waals surface area (Å²) in [4.78, 5) is 4.03. The summed E-state index contributed by atoms with van der Waals surface area (Å²) < 4.78 is 26.7. The van der Waals surface area contributed by atoms with Crippen LogP contribution in [-0.4, -0.2) is 48.8 Å². The number of anilines is 1. The summed E-state index contributed by atoms with van der Waals surface area (Å²) in [5.41, 5.74) is 0.544. The van der Waals surface area contributed by atoms with Gasteiger partial charge >= 0.3 is 0 Å². The van der Waals surface area contributed by atoms with Crippen LogP contribution in [0.3, 0.4) is 0 Å². The Balaban J connectivity index is 2.41. The molecule has 7 heteroatoms. The summed E-state index contributed by atoms with van der Waals surface area (Å²) in [6.07, 6.45) is 1.51. The molecule has 1 aromatic heterocycles. The van der Waals surface area contributed by atoms with E-state index in [1.807, 2.05) is 6.92 Å². The first kappa shape index (κ1) is 13.6. The molecule has 2 heterocycles. The number of nitrogens with one attached hydrogen (secondary N) is 1. The summed E-state index contributed by atoms with van der Waals surface area (Å²) in [5, 5.41) is 3.00. The molecule has 0 aliphatic carbocycles. The van der Waals surface area contributed by atoms with Gasteiger partial charge in [-0.25, -0.2) is 13.4 Å². The maximum Gasteiger partial charge on any atom is 0.262 e. The van der Waals surface area contributed by atoms with E-state index in [0.717, 1.165) is 11.5 Å². The quantitative estimate of drug-likeness (QED) is 0.906. The summed E-state index contributed by atoms with van der Waals surface area (Å²) in [6, 6.07) is 3.46. The minimum absolute atomic E-state index is 0.0143. The summed E-state index contributed by atoms with van der Waals surface area (Å²) in [6.45, 7) is 2.49. The topological polar surface area (TPSA) is 62.3 Å². The lowest BCUT2D eigenvalue weighted by Gasteiger charge is -2.31. The fourth-order valence-corrected chi connectivity index (χ4v) is 4.93. The van der Waals surface area contributed by atoms with Gasteiger partial charge in [0.05, 0.1) is 5.69 Å². The smallest absolute Gasteiger partial charge is 0.262 e. The average Bonchev–Trinajstić information content (AvgIpc) is 2.39. The van der Waals surface area contributed by atoms with Gasteiger partial charge in [-0.3, -0.25) is 0 Å². The van der Waals surface area contributed by atoms with E-state index in [2.05, 4.69) is 10.3 Å². The molecule has 1 N–H and O–H groups in total. The Kier molecular flexibility index (Phi) is 4.14. The third-order valence-electron chi connectivity index (χ3n) is 2.90. The highest BCUT2D eigenvalue weighted by atomic mass is 32.2. The Morgan fingerprint density at radius 1 is 1.56 bits per heavy atom. The molecule has 100 valence electrons. The number of sulfonamides is 1. The summed E-state index contributed by atoms with van der Waals surface area (Å²) in [7, 11) is -1.81. The van der Waals surface area contributed by atoms with Crippen LogP contribution in [0.5, 0.6) is 0 Å². The Bertz CT molecular complexity index is 519. The van der Waals surface area contributed by atoms with E-state index in [0.29, 0.717) is 12.2 Å². The largest absolute Gasteiger partial charge is 0.386 e. The lowest BCUT2D eigenvalue weighted by Crippen LogP contribution is -2.44. The zero-order valence-electron chi connectivity index (χ0n) is 10.5. The standard InChI is InChI=1S/C11H17N3O2S2/c1-9-8-17-7-6-14(9)18(15,16)11-10(12-2)4-3-5-13-11/h3-5,9,12H,6-8H2,1-2H3. The lowest BCUT2D eigenvalue weighted by molar-refractivity contribution is 0.366. The number of aromatic nitrogens is 1. The molecule has 1 fully saturated rings. The van der Waals surface area contributed by atoms with Crippen LogP contribution in [0, 0.1) is 0 Å². The minimum atomic E-state index is -3.51. The van der Waals surface area contributed by atoms with Gasteiger partial charge in [-0.2, -0.15) is 16.1 Å². The van der Waals surface area contributed by atoms with Gasteiger partial charge in [-0.15, -0.1) is 0 Å². The highest BCUT2D eigenvalue weighted by Gasteiger charge is 2.33. The molecule has 0 aromatic carbocycles. The van der Waals surface area contributed by atoms with E-state index >= 15 is 0 Å². The van der Waals surface area contributed by atoms with Gasteiger partial charge in [0.15, 0.2) is 5.03 Å². The van der Waals surface area contributed by atoms with Crippen LogP contribution in [0.1, 0.15) is 6.92 Å². The van der Waals surface area contributed by atoms with E-state index in [-0.39, 0.29) is 11.1 Å². The lowest BCUT2D eigenvalue weighted by atomic mass is 10.4. The molecular weight excluding hydrogens is 270 g/mol. The Hall–Kier alpha value is -0.790. The predicted molar refractivity (Wildman–Crippen MR) is 74.5 cm³/mol. The van der Waals surface area contributed by atoms with Gasteiger partial charge in [0.1, 0.15) is 0 Å². The molecule has 0 saturated carbocycles. The van der Waals surface area contributed by atoms with Crippen LogP contribution in [0.25, 0.3) is 0 Å². The highest BCUT2D eigenvalue weighted by Crippen LogP contribution is 2.26. The molecule has 1 aliphatic rings. The Labute approximate surface area is 112 Å². The van der Waals surface area contributed by atoms with Crippen LogP contribution in [0.2, 0.25) is 0 Å². The van der Waals surface area contributed by atoms with E-state index in [1.165, 1.54) is 6.20 Å². The fourth-order valence-electron chi connectivity index (χ4n) is 1.97. The third kappa shape index (κ3) is 2.48. The van der Waals surface area contributed by atoms with Crippen molar-refractivity contribution in [3.8, 4) is 0 Å². The first-order chi connectivity index (χ1) is 8.57. The van der Waals surface area contributed by atoms with Crippen molar-refractivity contribution in [2.45, 2.75) is 18.0 Å². The summed E-state index contributed by atoms with van der Waals surface area (Å²) >= 11 is 1.79. The van der Waals surface area contributed by atoms with Crippen molar-refractivity contribution >= 4 is 27.5 Å². The van der Waals surface area contributed by atoms with Gasteiger partial charge in [-0.1, -0.05) is 0 Å². The van der Waals surface area contributed by atoms with Gasteiger partial charge in [-0.05, 0) is 19.1 Å². The van der Waals surface area contributed by atoms with Gasteiger partial charge in [0, 0.05) is 37.3 Å².